The molecule has 2 aromatic heterocycles. The van der Waals surface area contributed by atoms with Gasteiger partial charge in [-0.1, -0.05) is 140 Å². The maximum Gasteiger partial charge on any atom is 0.114 e. The van der Waals surface area contributed by atoms with Crippen molar-refractivity contribution in [3.05, 3.63) is 194 Å². The van der Waals surface area contributed by atoms with Crippen LogP contribution >= 0.6 is 11.3 Å². The van der Waals surface area contributed by atoms with Crippen molar-refractivity contribution in [2.45, 2.75) is 13.3 Å². The number of hydrogen-bond donors (Lipinski definition) is 0. The van der Waals surface area contributed by atoms with Gasteiger partial charge in [0.05, 0.1) is 11.0 Å². The predicted octanol–water partition coefficient (Wildman–Crippen LogP) is 14.9. The topological polar surface area (TPSA) is 17.8 Å². The first kappa shape index (κ1) is 32.6. The van der Waals surface area contributed by atoms with E-state index in [1.165, 1.54) is 86.2 Å². The molecule has 0 saturated carbocycles. The first-order valence-electron chi connectivity index (χ1n) is 19.3. The van der Waals surface area contributed by atoms with E-state index in [0.29, 0.717) is 0 Å². The highest BCUT2D eigenvalue weighted by molar-refractivity contribution is 7.25. The molecule has 0 saturated heterocycles. The molecule has 2 nitrogen and oxygen atoms in total. The van der Waals surface area contributed by atoms with Gasteiger partial charge < -0.3 is 0 Å². The lowest BCUT2D eigenvalue weighted by Gasteiger charge is -2.19. The minimum atomic E-state index is 0.855. The monoisotopic (exact) mass is 732 g/mol. The summed E-state index contributed by atoms with van der Waals surface area (Å²) in [4.78, 5) is 4.96. The highest BCUT2D eigenvalue weighted by Crippen LogP contribution is 2.47. The number of benzene rings is 9. The average Bonchev–Trinajstić information content (AvgIpc) is 3.84. The van der Waals surface area contributed by atoms with Gasteiger partial charge in [0.25, 0.3) is 0 Å². The lowest BCUT2D eigenvalue weighted by molar-refractivity contribution is 0.908. The number of para-hydroxylation sites is 2. The summed E-state index contributed by atoms with van der Waals surface area (Å²) in [6, 6.07) is 69.1. The van der Waals surface area contributed by atoms with Crippen molar-refractivity contribution in [2.75, 3.05) is 0 Å². The predicted molar refractivity (Wildman–Crippen MR) is 240 cm³/mol. The highest BCUT2D eigenvalue weighted by atomic mass is 32.1. The van der Waals surface area contributed by atoms with E-state index in [0.717, 1.165) is 29.0 Å². The van der Waals surface area contributed by atoms with Gasteiger partial charge in [-0.05, 0) is 121 Å². The van der Waals surface area contributed by atoms with Crippen molar-refractivity contribution in [1.82, 2.24) is 9.55 Å². The summed E-state index contributed by atoms with van der Waals surface area (Å²) in [5, 5.41) is 7.64. The molecule has 0 aliphatic heterocycles. The van der Waals surface area contributed by atoms with Gasteiger partial charge >= 0.3 is 0 Å². The second-order valence-electron chi connectivity index (χ2n) is 14.6. The van der Waals surface area contributed by atoms with Gasteiger partial charge in [-0.15, -0.1) is 11.3 Å². The van der Waals surface area contributed by atoms with E-state index in [1.54, 1.807) is 0 Å². The molecule has 56 heavy (non-hydrogen) atoms. The normalized spacial score (nSPS) is 11.7. The SMILES string of the molecule is CCc1nc2ccccc2n1-c1cccc(-c2cccc(-c3c4ccccc4c(-c4ccc5sc6ccccc6c5c4)c4cc(-c5ccccc5)ccc34)c2)c1. The molecular weight excluding hydrogens is 697 g/mol. The molecule has 0 radical (unpaired) electrons. The van der Waals surface area contributed by atoms with Crippen LogP contribution in [0, 0.1) is 0 Å². The standard InChI is InChI=1S/C53H36N2S/c1-2-51-54-47-23-9-10-24-48(47)55(51)40-19-13-17-36(31-40)35-16-12-18-38(30-35)52-42-21-6-7-22-43(42)53(46-32-37(26-28-44(46)52)34-14-4-3-5-15-34)39-27-29-50-45(33-39)41-20-8-11-25-49(41)56-50/h3-33H,2H2,1H3. The molecule has 0 aliphatic carbocycles. The number of nitrogens with zero attached hydrogens (tertiary/aromatic N) is 2. The second-order valence-corrected chi connectivity index (χ2v) is 15.7. The molecule has 11 rings (SSSR count). The summed E-state index contributed by atoms with van der Waals surface area (Å²) < 4.78 is 4.95. The summed E-state index contributed by atoms with van der Waals surface area (Å²) in [7, 11) is 0. The molecule has 2 heterocycles. The van der Waals surface area contributed by atoms with Gasteiger partial charge in [0.2, 0.25) is 0 Å². The molecule has 9 aromatic carbocycles. The molecule has 264 valence electrons. The molecular formula is C53H36N2S. The lowest BCUT2D eigenvalue weighted by Crippen LogP contribution is -2.00. The average molecular weight is 733 g/mol. The fraction of sp³-hybridized carbons (Fsp3) is 0.0377. The van der Waals surface area contributed by atoms with Gasteiger partial charge in [-0.2, -0.15) is 0 Å². The third-order valence-electron chi connectivity index (χ3n) is 11.3. The zero-order valence-corrected chi connectivity index (χ0v) is 31.7. The number of aryl methyl sites for hydroxylation is 1. The molecule has 0 amide bonds. The van der Waals surface area contributed by atoms with Crippen LogP contribution in [0.25, 0.3) is 103 Å². The Hall–Kier alpha value is -6.81. The van der Waals surface area contributed by atoms with E-state index in [1.807, 2.05) is 11.3 Å². The minimum absolute atomic E-state index is 0.855. The van der Waals surface area contributed by atoms with Crippen LogP contribution in [0.15, 0.2) is 188 Å². The number of aromatic nitrogens is 2. The van der Waals surface area contributed by atoms with Crippen molar-refractivity contribution in [3.8, 4) is 50.2 Å². The van der Waals surface area contributed by atoms with Crippen molar-refractivity contribution in [3.63, 3.8) is 0 Å². The Kier molecular flexibility index (Phi) is 7.68. The fourth-order valence-corrected chi connectivity index (χ4v) is 9.86. The van der Waals surface area contributed by atoms with Crippen LogP contribution in [0.1, 0.15) is 12.7 Å². The zero-order valence-electron chi connectivity index (χ0n) is 30.9. The first-order chi connectivity index (χ1) is 27.7. The van der Waals surface area contributed by atoms with Crippen molar-refractivity contribution >= 4 is 64.1 Å². The number of imidazole rings is 1. The van der Waals surface area contributed by atoms with Crippen LogP contribution in [0.4, 0.5) is 0 Å². The Labute approximate surface area is 329 Å². The highest BCUT2D eigenvalue weighted by Gasteiger charge is 2.19. The molecule has 11 aromatic rings. The summed E-state index contributed by atoms with van der Waals surface area (Å²) in [5.74, 6) is 1.07. The molecule has 0 unspecified atom stereocenters. The molecule has 0 spiro atoms. The van der Waals surface area contributed by atoms with Gasteiger partial charge in [-0.3, -0.25) is 4.57 Å². The smallest absolute Gasteiger partial charge is 0.114 e. The van der Waals surface area contributed by atoms with Gasteiger partial charge in [0.1, 0.15) is 5.82 Å². The van der Waals surface area contributed by atoms with E-state index in [4.69, 9.17) is 4.98 Å². The van der Waals surface area contributed by atoms with Crippen LogP contribution in [0.3, 0.4) is 0 Å². The minimum Gasteiger partial charge on any atom is -0.296 e. The maximum atomic E-state index is 4.96. The first-order valence-corrected chi connectivity index (χ1v) is 20.2. The lowest BCUT2D eigenvalue weighted by atomic mass is 9.84. The van der Waals surface area contributed by atoms with Crippen LogP contribution in [-0.4, -0.2) is 9.55 Å². The van der Waals surface area contributed by atoms with Crippen molar-refractivity contribution in [2.24, 2.45) is 0 Å². The Morgan fingerprint density at radius 3 is 1.82 bits per heavy atom. The Bertz CT molecular complexity index is 3290. The molecule has 0 fully saturated rings. The summed E-state index contributed by atoms with van der Waals surface area (Å²) in [5.41, 5.74) is 13.1. The molecule has 3 heteroatoms. The summed E-state index contributed by atoms with van der Waals surface area (Å²) in [6.45, 7) is 2.18. The third kappa shape index (κ3) is 5.27. The van der Waals surface area contributed by atoms with E-state index < -0.39 is 0 Å². The van der Waals surface area contributed by atoms with E-state index in [2.05, 4.69) is 200 Å². The van der Waals surface area contributed by atoms with E-state index in [9.17, 15) is 0 Å². The Balaban J connectivity index is 1.14. The molecule has 0 atom stereocenters. The van der Waals surface area contributed by atoms with E-state index in [-0.39, 0.29) is 0 Å². The van der Waals surface area contributed by atoms with Crippen molar-refractivity contribution < 1.29 is 0 Å². The Morgan fingerprint density at radius 2 is 0.982 bits per heavy atom. The summed E-state index contributed by atoms with van der Waals surface area (Å²) >= 11 is 1.87. The maximum absolute atomic E-state index is 4.96. The molecule has 0 bridgehead atoms. The molecule has 0 aliphatic rings. The second kappa shape index (κ2) is 13.2. The molecule has 0 N–H and O–H groups in total. The van der Waals surface area contributed by atoms with E-state index >= 15 is 0 Å². The van der Waals surface area contributed by atoms with Crippen LogP contribution < -0.4 is 0 Å². The van der Waals surface area contributed by atoms with Crippen LogP contribution in [-0.2, 0) is 6.42 Å². The number of hydrogen-bond acceptors (Lipinski definition) is 2. The zero-order chi connectivity index (χ0) is 37.2. The van der Waals surface area contributed by atoms with Crippen LogP contribution in [0.5, 0.6) is 0 Å². The van der Waals surface area contributed by atoms with Gasteiger partial charge in [0, 0.05) is 32.3 Å². The number of fused-ring (bicyclic) bond motifs is 6. The number of rotatable bonds is 6. The quantitative estimate of drug-likeness (QED) is 0.156. The van der Waals surface area contributed by atoms with Gasteiger partial charge in [-0.25, -0.2) is 4.98 Å². The Morgan fingerprint density at radius 1 is 0.411 bits per heavy atom. The fourth-order valence-electron chi connectivity index (χ4n) is 8.77. The van der Waals surface area contributed by atoms with Crippen molar-refractivity contribution in [1.29, 1.82) is 0 Å². The van der Waals surface area contributed by atoms with Gasteiger partial charge in [0.15, 0.2) is 0 Å². The number of thiophene rings is 1. The van der Waals surface area contributed by atoms with Crippen LogP contribution in [0.2, 0.25) is 0 Å². The third-order valence-corrected chi connectivity index (χ3v) is 12.5. The summed E-state index contributed by atoms with van der Waals surface area (Å²) in [6.07, 6.45) is 0.855. The largest absolute Gasteiger partial charge is 0.296 e.